The van der Waals surface area contributed by atoms with Crippen LogP contribution in [0.25, 0.3) is 0 Å². The van der Waals surface area contributed by atoms with Crippen LogP contribution in [0.1, 0.15) is 17.2 Å². The average Bonchev–Trinajstić information content (AvgIpc) is 2.30. The van der Waals surface area contributed by atoms with Gasteiger partial charge in [0.15, 0.2) is 0 Å². The van der Waals surface area contributed by atoms with Crippen molar-refractivity contribution >= 4 is 15.9 Å². The van der Waals surface area contributed by atoms with E-state index in [4.69, 9.17) is 5.73 Å². The molecule has 0 fully saturated rings. The van der Waals surface area contributed by atoms with E-state index in [1.54, 1.807) is 6.07 Å². The first kappa shape index (κ1) is 13.1. The maximum absolute atomic E-state index is 13.4. The third kappa shape index (κ3) is 2.73. The van der Waals surface area contributed by atoms with Gasteiger partial charge in [0.1, 0.15) is 17.5 Å². The topological polar surface area (TPSA) is 26.0 Å². The quantitative estimate of drug-likeness (QED) is 0.893. The Morgan fingerprint density at radius 2 is 1.50 bits per heavy atom. The van der Waals surface area contributed by atoms with Gasteiger partial charge in [-0.25, -0.2) is 13.2 Å². The lowest BCUT2D eigenvalue weighted by Gasteiger charge is -2.13. The highest BCUT2D eigenvalue weighted by Crippen LogP contribution is 2.24. The summed E-state index contributed by atoms with van der Waals surface area (Å²) in [6, 6.07) is 6.58. The fraction of sp³-hybridized carbons (Fsp3) is 0.0769. The summed E-state index contributed by atoms with van der Waals surface area (Å²) in [7, 11) is 0. The third-order valence-electron chi connectivity index (χ3n) is 2.55. The summed E-state index contributed by atoms with van der Waals surface area (Å²) in [5, 5.41) is 0. The standard InChI is InChI=1S/C13H9BrF3N/c14-11-2-1-7(5-12(11)17)13(18)8-3-9(15)6-10(16)4-8/h1-6,13H,18H2. The van der Waals surface area contributed by atoms with E-state index in [2.05, 4.69) is 15.9 Å². The molecule has 5 heteroatoms. The molecular weight excluding hydrogens is 307 g/mol. The van der Waals surface area contributed by atoms with E-state index in [1.165, 1.54) is 12.1 Å². The van der Waals surface area contributed by atoms with Crippen molar-refractivity contribution in [2.24, 2.45) is 5.73 Å². The molecule has 0 aromatic heterocycles. The largest absolute Gasteiger partial charge is 0.320 e. The average molecular weight is 316 g/mol. The fourth-order valence-electron chi connectivity index (χ4n) is 1.65. The summed E-state index contributed by atoms with van der Waals surface area (Å²) < 4.78 is 39.8. The Morgan fingerprint density at radius 1 is 0.889 bits per heavy atom. The van der Waals surface area contributed by atoms with Crippen LogP contribution in [0, 0.1) is 17.5 Å². The van der Waals surface area contributed by atoms with Crippen molar-refractivity contribution in [3.63, 3.8) is 0 Å². The Balaban J connectivity index is 2.40. The summed E-state index contributed by atoms with van der Waals surface area (Å²) in [4.78, 5) is 0. The molecule has 0 aliphatic rings. The molecule has 0 amide bonds. The van der Waals surface area contributed by atoms with Crippen molar-refractivity contribution in [1.82, 2.24) is 0 Å². The highest BCUT2D eigenvalue weighted by atomic mass is 79.9. The molecule has 0 radical (unpaired) electrons. The van der Waals surface area contributed by atoms with Crippen molar-refractivity contribution in [1.29, 1.82) is 0 Å². The van der Waals surface area contributed by atoms with Crippen molar-refractivity contribution < 1.29 is 13.2 Å². The van der Waals surface area contributed by atoms with Crippen LogP contribution in [0.15, 0.2) is 40.9 Å². The number of rotatable bonds is 2. The first-order valence-corrected chi connectivity index (χ1v) is 5.93. The van der Waals surface area contributed by atoms with Crippen LogP contribution in [-0.4, -0.2) is 0 Å². The van der Waals surface area contributed by atoms with E-state index in [9.17, 15) is 13.2 Å². The molecule has 2 aromatic rings. The number of hydrogen-bond donors (Lipinski definition) is 1. The van der Waals surface area contributed by atoms with E-state index in [0.29, 0.717) is 10.0 Å². The van der Waals surface area contributed by atoms with Crippen molar-refractivity contribution in [3.8, 4) is 0 Å². The first-order valence-electron chi connectivity index (χ1n) is 5.14. The third-order valence-corrected chi connectivity index (χ3v) is 3.19. The zero-order valence-electron chi connectivity index (χ0n) is 9.13. The molecule has 18 heavy (non-hydrogen) atoms. The van der Waals surface area contributed by atoms with Crippen LogP contribution < -0.4 is 5.73 Å². The number of nitrogens with two attached hydrogens (primary N) is 1. The van der Waals surface area contributed by atoms with E-state index in [0.717, 1.165) is 18.2 Å². The molecule has 1 unspecified atom stereocenters. The van der Waals surface area contributed by atoms with Crippen LogP contribution in [0.2, 0.25) is 0 Å². The van der Waals surface area contributed by atoms with E-state index in [1.807, 2.05) is 0 Å². The summed E-state index contributed by atoms with van der Waals surface area (Å²) in [6.45, 7) is 0. The molecule has 0 aliphatic carbocycles. The van der Waals surface area contributed by atoms with Crippen molar-refractivity contribution in [2.75, 3.05) is 0 Å². The van der Waals surface area contributed by atoms with Gasteiger partial charge in [-0.15, -0.1) is 0 Å². The van der Waals surface area contributed by atoms with Gasteiger partial charge >= 0.3 is 0 Å². The molecule has 0 saturated heterocycles. The number of hydrogen-bond acceptors (Lipinski definition) is 1. The smallest absolute Gasteiger partial charge is 0.137 e. The molecule has 0 spiro atoms. The lowest BCUT2D eigenvalue weighted by molar-refractivity contribution is 0.577. The summed E-state index contributed by atoms with van der Waals surface area (Å²) >= 11 is 3.02. The van der Waals surface area contributed by atoms with Gasteiger partial charge in [-0.3, -0.25) is 0 Å². The lowest BCUT2D eigenvalue weighted by atomic mass is 9.99. The van der Waals surface area contributed by atoms with Crippen LogP contribution in [0.4, 0.5) is 13.2 Å². The van der Waals surface area contributed by atoms with Crippen molar-refractivity contribution in [2.45, 2.75) is 6.04 Å². The lowest BCUT2D eigenvalue weighted by Crippen LogP contribution is -2.12. The van der Waals surface area contributed by atoms with Crippen LogP contribution >= 0.6 is 15.9 Å². The Hall–Kier alpha value is -1.33. The second kappa shape index (κ2) is 5.12. The molecule has 0 aliphatic heterocycles. The predicted molar refractivity (Wildman–Crippen MR) is 66.5 cm³/mol. The van der Waals surface area contributed by atoms with E-state index >= 15 is 0 Å². The molecule has 2 aromatic carbocycles. The van der Waals surface area contributed by atoms with Gasteiger partial charge in [-0.05, 0) is 51.3 Å². The Morgan fingerprint density at radius 3 is 2.06 bits per heavy atom. The summed E-state index contributed by atoms with van der Waals surface area (Å²) in [5.74, 6) is -1.89. The minimum absolute atomic E-state index is 0.259. The second-order valence-electron chi connectivity index (χ2n) is 3.85. The molecular formula is C13H9BrF3N. The Bertz CT molecular complexity index is 566. The minimum atomic E-state index is -0.780. The monoisotopic (exact) mass is 315 g/mol. The minimum Gasteiger partial charge on any atom is -0.320 e. The Labute approximate surface area is 111 Å². The molecule has 1 atom stereocenters. The van der Waals surface area contributed by atoms with Gasteiger partial charge in [0.2, 0.25) is 0 Å². The highest BCUT2D eigenvalue weighted by Gasteiger charge is 2.13. The van der Waals surface area contributed by atoms with Crippen LogP contribution in [0.5, 0.6) is 0 Å². The SMILES string of the molecule is NC(c1cc(F)cc(F)c1)c1ccc(Br)c(F)c1. The zero-order chi connectivity index (χ0) is 13.3. The van der Waals surface area contributed by atoms with Gasteiger partial charge in [-0.1, -0.05) is 6.07 Å². The van der Waals surface area contributed by atoms with Gasteiger partial charge in [0.05, 0.1) is 10.5 Å². The maximum atomic E-state index is 13.4. The number of halogens is 4. The molecule has 2 rings (SSSR count). The molecule has 1 nitrogen and oxygen atoms in total. The molecule has 0 heterocycles. The van der Waals surface area contributed by atoms with E-state index in [-0.39, 0.29) is 5.56 Å². The van der Waals surface area contributed by atoms with Crippen LogP contribution in [0.3, 0.4) is 0 Å². The van der Waals surface area contributed by atoms with Gasteiger partial charge < -0.3 is 5.73 Å². The van der Waals surface area contributed by atoms with Gasteiger partial charge in [0.25, 0.3) is 0 Å². The van der Waals surface area contributed by atoms with Gasteiger partial charge in [-0.2, -0.15) is 0 Å². The summed E-state index contributed by atoms with van der Waals surface area (Å²) in [6.07, 6.45) is 0. The fourth-order valence-corrected chi connectivity index (χ4v) is 1.90. The molecule has 94 valence electrons. The van der Waals surface area contributed by atoms with Crippen LogP contribution in [-0.2, 0) is 0 Å². The zero-order valence-corrected chi connectivity index (χ0v) is 10.7. The van der Waals surface area contributed by atoms with E-state index < -0.39 is 23.5 Å². The summed E-state index contributed by atoms with van der Waals surface area (Å²) in [5.41, 5.74) is 6.56. The molecule has 0 bridgehead atoms. The normalized spacial score (nSPS) is 12.5. The molecule has 2 N–H and O–H groups in total. The van der Waals surface area contributed by atoms with Crippen molar-refractivity contribution in [3.05, 3.63) is 69.4 Å². The number of benzene rings is 2. The second-order valence-corrected chi connectivity index (χ2v) is 4.71. The Kier molecular flexibility index (Phi) is 3.73. The first-order chi connectivity index (χ1) is 8.47. The molecule has 0 saturated carbocycles. The maximum Gasteiger partial charge on any atom is 0.137 e. The highest BCUT2D eigenvalue weighted by molar-refractivity contribution is 9.10. The predicted octanol–water partition coefficient (Wildman–Crippen LogP) is 3.91. The van der Waals surface area contributed by atoms with Gasteiger partial charge in [0, 0.05) is 6.07 Å².